The number of ether oxygens (including phenoxy) is 1. The highest BCUT2D eigenvalue weighted by Gasteiger charge is 2.09. The zero-order valence-electron chi connectivity index (χ0n) is 11.3. The lowest BCUT2D eigenvalue weighted by Crippen LogP contribution is -2.03. The first-order valence-corrected chi connectivity index (χ1v) is 6.50. The number of hydrogen-bond acceptors (Lipinski definition) is 3. The molecule has 0 bridgehead atoms. The van der Waals surface area contributed by atoms with Gasteiger partial charge in [0.1, 0.15) is 5.75 Å². The summed E-state index contributed by atoms with van der Waals surface area (Å²) >= 11 is 0. The van der Waals surface area contributed by atoms with Crippen molar-refractivity contribution in [1.82, 2.24) is 9.78 Å². The molecule has 1 heterocycles. The topological polar surface area (TPSA) is 44.1 Å². The van der Waals surface area contributed by atoms with Gasteiger partial charge in [-0.2, -0.15) is 5.10 Å². The summed E-state index contributed by atoms with van der Waals surface area (Å²) in [5.41, 5.74) is 1.61. The van der Waals surface area contributed by atoms with Crippen molar-refractivity contribution in [3.05, 3.63) is 47.8 Å². The Morgan fingerprint density at radius 3 is 2.89 bits per heavy atom. The SMILES string of the molecule is CCOc1cccc(C(=O)Cc2cnn(CC)c2)c1. The summed E-state index contributed by atoms with van der Waals surface area (Å²) in [5.74, 6) is 0.815. The molecule has 4 nitrogen and oxygen atoms in total. The smallest absolute Gasteiger partial charge is 0.167 e. The van der Waals surface area contributed by atoms with Crippen LogP contribution in [0.5, 0.6) is 5.75 Å². The fourth-order valence-electron chi connectivity index (χ4n) is 1.88. The van der Waals surface area contributed by atoms with Crippen molar-refractivity contribution in [2.24, 2.45) is 0 Å². The van der Waals surface area contributed by atoms with E-state index < -0.39 is 0 Å². The molecule has 0 saturated carbocycles. The Bertz CT molecular complexity index is 561. The molecule has 1 aromatic heterocycles. The van der Waals surface area contributed by atoms with Crippen molar-refractivity contribution in [1.29, 1.82) is 0 Å². The third kappa shape index (κ3) is 3.44. The van der Waals surface area contributed by atoms with Crippen LogP contribution in [0.25, 0.3) is 0 Å². The van der Waals surface area contributed by atoms with E-state index in [1.54, 1.807) is 12.3 Å². The monoisotopic (exact) mass is 258 g/mol. The number of ketones is 1. The van der Waals surface area contributed by atoms with Gasteiger partial charge in [-0.15, -0.1) is 0 Å². The average Bonchev–Trinajstić information content (AvgIpc) is 2.87. The fourth-order valence-corrected chi connectivity index (χ4v) is 1.88. The van der Waals surface area contributed by atoms with E-state index in [4.69, 9.17) is 4.74 Å². The molecule has 0 N–H and O–H groups in total. The Morgan fingerprint density at radius 2 is 2.21 bits per heavy atom. The Balaban J connectivity index is 2.08. The van der Waals surface area contributed by atoms with Gasteiger partial charge in [0, 0.05) is 24.7 Å². The maximum Gasteiger partial charge on any atom is 0.167 e. The van der Waals surface area contributed by atoms with Crippen molar-refractivity contribution in [2.45, 2.75) is 26.8 Å². The summed E-state index contributed by atoms with van der Waals surface area (Å²) in [6, 6.07) is 7.30. The van der Waals surface area contributed by atoms with E-state index in [1.165, 1.54) is 0 Å². The molecule has 100 valence electrons. The van der Waals surface area contributed by atoms with Gasteiger partial charge in [-0.3, -0.25) is 9.48 Å². The van der Waals surface area contributed by atoms with Gasteiger partial charge in [-0.25, -0.2) is 0 Å². The van der Waals surface area contributed by atoms with Crippen LogP contribution < -0.4 is 4.74 Å². The molecule has 4 heteroatoms. The van der Waals surface area contributed by atoms with E-state index >= 15 is 0 Å². The van der Waals surface area contributed by atoms with Crippen LogP contribution in [0, 0.1) is 0 Å². The minimum absolute atomic E-state index is 0.0807. The Labute approximate surface area is 113 Å². The predicted octanol–water partition coefficient (Wildman–Crippen LogP) is 2.73. The second-order valence-corrected chi connectivity index (χ2v) is 4.27. The molecule has 0 radical (unpaired) electrons. The minimum Gasteiger partial charge on any atom is -0.494 e. The number of Topliss-reactive ketones (excluding diaryl/α,β-unsaturated/α-hetero) is 1. The van der Waals surface area contributed by atoms with Crippen LogP contribution in [0.4, 0.5) is 0 Å². The Hall–Kier alpha value is -2.10. The maximum atomic E-state index is 12.2. The molecule has 0 aliphatic rings. The van der Waals surface area contributed by atoms with Crippen LogP contribution in [-0.4, -0.2) is 22.2 Å². The number of carbonyl (C=O) groups excluding carboxylic acids is 1. The lowest BCUT2D eigenvalue weighted by atomic mass is 10.1. The van der Waals surface area contributed by atoms with Crippen molar-refractivity contribution in [3.8, 4) is 5.75 Å². The Morgan fingerprint density at radius 1 is 1.37 bits per heavy atom. The molecule has 0 aliphatic heterocycles. The highest BCUT2D eigenvalue weighted by molar-refractivity contribution is 5.97. The molecule has 0 fully saturated rings. The van der Waals surface area contributed by atoms with E-state index in [1.807, 2.05) is 42.9 Å². The minimum atomic E-state index is 0.0807. The summed E-state index contributed by atoms with van der Waals surface area (Å²) in [6.45, 7) is 5.35. The first kappa shape index (κ1) is 13.3. The summed E-state index contributed by atoms with van der Waals surface area (Å²) < 4.78 is 7.22. The van der Waals surface area contributed by atoms with Crippen molar-refractivity contribution in [2.75, 3.05) is 6.61 Å². The second kappa shape index (κ2) is 6.18. The van der Waals surface area contributed by atoms with E-state index in [9.17, 15) is 4.79 Å². The molecular formula is C15H18N2O2. The molecule has 0 saturated heterocycles. The van der Waals surface area contributed by atoms with Crippen LogP contribution in [0.15, 0.2) is 36.7 Å². The summed E-state index contributed by atoms with van der Waals surface area (Å²) in [5, 5.41) is 4.17. The van der Waals surface area contributed by atoms with Crippen molar-refractivity contribution in [3.63, 3.8) is 0 Å². The molecule has 0 spiro atoms. The number of benzene rings is 1. The van der Waals surface area contributed by atoms with Crippen LogP contribution in [-0.2, 0) is 13.0 Å². The summed E-state index contributed by atoms with van der Waals surface area (Å²) in [7, 11) is 0. The lowest BCUT2D eigenvalue weighted by molar-refractivity contribution is 0.0992. The number of aryl methyl sites for hydroxylation is 1. The molecular weight excluding hydrogens is 240 g/mol. The van der Waals surface area contributed by atoms with E-state index in [2.05, 4.69) is 5.10 Å². The third-order valence-electron chi connectivity index (χ3n) is 2.84. The normalized spacial score (nSPS) is 10.4. The fraction of sp³-hybridized carbons (Fsp3) is 0.333. The maximum absolute atomic E-state index is 12.2. The molecule has 19 heavy (non-hydrogen) atoms. The van der Waals surface area contributed by atoms with E-state index in [0.29, 0.717) is 18.6 Å². The van der Waals surface area contributed by atoms with Crippen molar-refractivity contribution >= 4 is 5.78 Å². The molecule has 0 unspecified atom stereocenters. The molecule has 0 atom stereocenters. The third-order valence-corrected chi connectivity index (χ3v) is 2.84. The van der Waals surface area contributed by atoms with Gasteiger partial charge in [0.2, 0.25) is 0 Å². The quantitative estimate of drug-likeness (QED) is 0.748. The van der Waals surface area contributed by atoms with Crippen LogP contribution in [0.3, 0.4) is 0 Å². The van der Waals surface area contributed by atoms with Gasteiger partial charge in [-0.1, -0.05) is 12.1 Å². The van der Waals surface area contributed by atoms with Gasteiger partial charge >= 0.3 is 0 Å². The highest BCUT2D eigenvalue weighted by Crippen LogP contribution is 2.15. The molecule has 0 amide bonds. The van der Waals surface area contributed by atoms with E-state index in [0.717, 1.165) is 17.9 Å². The second-order valence-electron chi connectivity index (χ2n) is 4.27. The molecule has 1 aromatic carbocycles. The predicted molar refractivity (Wildman–Crippen MR) is 73.5 cm³/mol. The largest absolute Gasteiger partial charge is 0.494 e. The number of rotatable bonds is 6. The highest BCUT2D eigenvalue weighted by atomic mass is 16.5. The molecule has 2 rings (SSSR count). The zero-order chi connectivity index (χ0) is 13.7. The summed E-state index contributed by atoms with van der Waals surface area (Å²) in [4.78, 5) is 12.2. The van der Waals surface area contributed by atoms with Gasteiger partial charge in [0.15, 0.2) is 5.78 Å². The van der Waals surface area contributed by atoms with Crippen molar-refractivity contribution < 1.29 is 9.53 Å². The van der Waals surface area contributed by atoms with Gasteiger partial charge in [0.25, 0.3) is 0 Å². The number of carbonyl (C=O) groups is 1. The average molecular weight is 258 g/mol. The molecule has 2 aromatic rings. The van der Waals surface area contributed by atoms with Gasteiger partial charge in [-0.05, 0) is 31.5 Å². The summed E-state index contributed by atoms with van der Waals surface area (Å²) in [6.07, 6.45) is 4.02. The first-order valence-electron chi connectivity index (χ1n) is 6.50. The number of aromatic nitrogens is 2. The molecule has 0 aliphatic carbocycles. The lowest BCUT2D eigenvalue weighted by Gasteiger charge is -2.05. The first-order chi connectivity index (χ1) is 9.22. The van der Waals surface area contributed by atoms with E-state index in [-0.39, 0.29) is 5.78 Å². The number of hydrogen-bond donors (Lipinski definition) is 0. The Kier molecular flexibility index (Phi) is 4.34. The van der Waals surface area contributed by atoms with Gasteiger partial charge in [0.05, 0.1) is 12.8 Å². The standard InChI is InChI=1S/C15H18N2O2/c1-3-17-11-12(10-16-17)8-15(18)13-6-5-7-14(9-13)19-4-2/h5-7,9-11H,3-4,8H2,1-2H3. The number of nitrogens with zero attached hydrogens (tertiary/aromatic N) is 2. The van der Waals surface area contributed by atoms with Crippen LogP contribution in [0.2, 0.25) is 0 Å². The van der Waals surface area contributed by atoms with Crippen LogP contribution >= 0.6 is 0 Å². The van der Waals surface area contributed by atoms with Crippen LogP contribution in [0.1, 0.15) is 29.8 Å². The zero-order valence-corrected chi connectivity index (χ0v) is 11.3. The van der Waals surface area contributed by atoms with Gasteiger partial charge < -0.3 is 4.74 Å².